The number of hydrogen-bond donors (Lipinski definition) is 2. The van der Waals surface area contributed by atoms with E-state index in [4.69, 9.17) is 0 Å². The van der Waals surface area contributed by atoms with Crippen molar-refractivity contribution >= 4 is 12.0 Å². The summed E-state index contributed by atoms with van der Waals surface area (Å²) in [4.78, 5) is 28.4. The van der Waals surface area contributed by atoms with Gasteiger partial charge in [-0.15, -0.1) is 0 Å². The number of amides is 2. The van der Waals surface area contributed by atoms with Crippen molar-refractivity contribution in [2.75, 3.05) is 13.1 Å². The van der Waals surface area contributed by atoms with Crippen LogP contribution in [0.2, 0.25) is 0 Å². The van der Waals surface area contributed by atoms with Crippen molar-refractivity contribution in [2.24, 2.45) is 5.92 Å². The highest BCUT2D eigenvalue weighted by Crippen LogP contribution is 2.41. The highest BCUT2D eigenvalue weighted by atomic mass is 16.4. The summed E-state index contributed by atoms with van der Waals surface area (Å²) in [5.41, 5.74) is 1.32. The third-order valence-corrected chi connectivity index (χ3v) is 6.25. The fourth-order valence-corrected chi connectivity index (χ4v) is 4.90. The Morgan fingerprint density at radius 2 is 1.81 bits per heavy atom. The van der Waals surface area contributed by atoms with E-state index in [1.807, 2.05) is 11.0 Å². The molecule has 3 fully saturated rings. The van der Waals surface area contributed by atoms with E-state index in [1.165, 1.54) is 5.56 Å². The van der Waals surface area contributed by atoms with Crippen molar-refractivity contribution in [3.63, 3.8) is 0 Å². The lowest BCUT2D eigenvalue weighted by Gasteiger charge is -2.34. The molecule has 140 valence electrons. The van der Waals surface area contributed by atoms with E-state index in [0.717, 1.165) is 45.3 Å². The molecule has 3 aliphatic rings. The third kappa shape index (κ3) is 3.43. The topological polar surface area (TPSA) is 72.9 Å². The maximum Gasteiger partial charge on any atom is 0.318 e. The molecule has 1 aromatic rings. The molecule has 0 radical (unpaired) electrons. The normalized spacial score (nSPS) is 29.1. The van der Waals surface area contributed by atoms with Crippen molar-refractivity contribution < 1.29 is 14.7 Å². The van der Waals surface area contributed by atoms with Crippen molar-refractivity contribution in [2.45, 2.75) is 56.8 Å². The lowest BCUT2D eigenvalue weighted by Crippen LogP contribution is -2.51. The third-order valence-electron chi connectivity index (χ3n) is 6.25. The molecular weight excluding hydrogens is 330 g/mol. The average molecular weight is 357 g/mol. The van der Waals surface area contributed by atoms with Gasteiger partial charge in [0.2, 0.25) is 0 Å². The van der Waals surface area contributed by atoms with Crippen LogP contribution >= 0.6 is 0 Å². The molecule has 0 spiro atoms. The number of likely N-dealkylation sites (tertiary alicyclic amines) is 1. The lowest BCUT2D eigenvalue weighted by atomic mass is 9.89. The minimum absolute atomic E-state index is 0.0530. The fraction of sp³-hybridized carbons (Fsp3) is 0.600. The number of carbonyl (C=O) groups excluding carboxylic acids is 1. The Balaban J connectivity index is 1.27. The van der Waals surface area contributed by atoms with Crippen LogP contribution in [0.3, 0.4) is 0 Å². The Hall–Kier alpha value is -2.08. The molecule has 2 amide bonds. The first-order valence-electron chi connectivity index (χ1n) is 9.69. The second-order valence-corrected chi connectivity index (χ2v) is 7.87. The Morgan fingerprint density at radius 1 is 1.08 bits per heavy atom. The Labute approximate surface area is 154 Å². The zero-order chi connectivity index (χ0) is 18.1. The van der Waals surface area contributed by atoms with Crippen LogP contribution in [0.4, 0.5) is 4.79 Å². The van der Waals surface area contributed by atoms with Gasteiger partial charge in [0, 0.05) is 37.8 Å². The molecular formula is C20H27N3O3. The van der Waals surface area contributed by atoms with Gasteiger partial charge in [0.1, 0.15) is 0 Å². The summed E-state index contributed by atoms with van der Waals surface area (Å²) in [6.07, 6.45) is 4.28. The molecule has 3 heterocycles. The Kier molecular flexibility index (Phi) is 4.85. The average Bonchev–Trinajstić information content (AvgIpc) is 3.22. The zero-order valence-corrected chi connectivity index (χ0v) is 15.0. The van der Waals surface area contributed by atoms with Crippen LogP contribution < -0.4 is 5.32 Å². The molecule has 0 aromatic heterocycles. The molecule has 0 aliphatic carbocycles. The number of nitrogens with zero attached hydrogens (tertiary/aromatic N) is 2. The minimum Gasteiger partial charge on any atom is -0.481 e. The highest BCUT2D eigenvalue weighted by molar-refractivity contribution is 5.79. The van der Waals surface area contributed by atoms with Gasteiger partial charge in [0.05, 0.1) is 5.92 Å². The number of hydrogen-bond acceptors (Lipinski definition) is 3. The zero-order valence-electron chi connectivity index (χ0n) is 15.0. The van der Waals surface area contributed by atoms with Crippen LogP contribution in [-0.4, -0.2) is 58.1 Å². The number of nitrogens with one attached hydrogen (secondary N) is 1. The van der Waals surface area contributed by atoms with Gasteiger partial charge in [0.25, 0.3) is 0 Å². The van der Waals surface area contributed by atoms with Gasteiger partial charge < -0.3 is 15.3 Å². The quantitative estimate of drug-likeness (QED) is 0.867. The summed E-state index contributed by atoms with van der Waals surface area (Å²) in [5, 5.41) is 12.5. The van der Waals surface area contributed by atoms with Gasteiger partial charge in [-0.3, -0.25) is 9.69 Å². The first-order chi connectivity index (χ1) is 12.6. The van der Waals surface area contributed by atoms with E-state index in [0.29, 0.717) is 6.42 Å². The summed E-state index contributed by atoms with van der Waals surface area (Å²) >= 11 is 0. The molecule has 3 unspecified atom stereocenters. The van der Waals surface area contributed by atoms with E-state index in [9.17, 15) is 14.7 Å². The van der Waals surface area contributed by atoms with Gasteiger partial charge in [-0.2, -0.15) is 0 Å². The van der Waals surface area contributed by atoms with Crippen molar-refractivity contribution in [1.29, 1.82) is 0 Å². The summed E-state index contributed by atoms with van der Waals surface area (Å²) in [5.74, 6) is -1.14. The van der Waals surface area contributed by atoms with E-state index >= 15 is 0 Å². The summed E-state index contributed by atoms with van der Waals surface area (Å²) in [7, 11) is 0. The standard InChI is InChI=1S/C20H27N3O3/c24-19(25)17-12-16-6-7-18(17)23(16)20(26)21-15-8-10-22(11-9-15)13-14-4-2-1-3-5-14/h1-5,15-18H,6-13H2,(H,21,26)(H,24,25). The van der Waals surface area contributed by atoms with E-state index < -0.39 is 5.97 Å². The number of fused-ring (bicyclic) bond motifs is 2. The molecule has 6 nitrogen and oxygen atoms in total. The highest BCUT2D eigenvalue weighted by Gasteiger charge is 2.51. The number of piperidine rings is 1. The Morgan fingerprint density at radius 3 is 2.46 bits per heavy atom. The van der Waals surface area contributed by atoms with Gasteiger partial charge in [-0.1, -0.05) is 30.3 Å². The number of rotatable bonds is 4. The predicted octanol–water partition coefficient (Wildman–Crippen LogP) is 2.30. The second kappa shape index (κ2) is 7.27. The summed E-state index contributed by atoms with van der Waals surface area (Å²) < 4.78 is 0. The minimum atomic E-state index is -0.760. The summed E-state index contributed by atoms with van der Waals surface area (Å²) in [6.45, 7) is 2.91. The van der Waals surface area contributed by atoms with E-state index in [2.05, 4.69) is 34.5 Å². The molecule has 1 aromatic carbocycles. The first-order valence-corrected chi connectivity index (χ1v) is 9.69. The number of benzene rings is 1. The lowest BCUT2D eigenvalue weighted by molar-refractivity contribution is -0.142. The Bertz CT molecular complexity index is 658. The van der Waals surface area contributed by atoms with Crippen LogP contribution in [0.15, 0.2) is 30.3 Å². The van der Waals surface area contributed by atoms with Crippen molar-refractivity contribution in [1.82, 2.24) is 15.1 Å². The molecule has 6 heteroatoms. The number of urea groups is 1. The molecule has 2 bridgehead atoms. The monoisotopic (exact) mass is 357 g/mol. The molecule has 26 heavy (non-hydrogen) atoms. The number of carboxylic acid groups (broad SMARTS) is 1. The van der Waals surface area contributed by atoms with Gasteiger partial charge >= 0.3 is 12.0 Å². The van der Waals surface area contributed by atoms with Crippen LogP contribution in [0.5, 0.6) is 0 Å². The number of aliphatic carboxylic acids is 1. The summed E-state index contributed by atoms with van der Waals surface area (Å²) in [6, 6.07) is 10.6. The van der Waals surface area contributed by atoms with Crippen LogP contribution in [0.25, 0.3) is 0 Å². The number of carboxylic acids is 1. The van der Waals surface area contributed by atoms with Gasteiger partial charge in [0.15, 0.2) is 0 Å². The molecule has 3 saturated heterocycles. The van der Waals surface area contributed by atoms with E-state index in [-0.39, 0.29) is 30.1 Å². The van der Waals surface area contributed by atoms with Gasteiger partial charge in [-0.25, -0.2) is 4.79 Å². The molecule has 3 atom stereocenters. The largest absolute Gasteiger partial charge is 0.481 e. The predicted molar refractivity (Wildman–Crippen MR) is 97.7 cm³/mol. The molecule has 2 N–H and O–H groups in total. The molecule has 0 saturated carbocycles. The van der Waals surface area contributed by atoms with Gasteiger partial charge in [-0.05, 0) is 37.7 Å². The maximum atomic E-state index is 12.7. The molecule has 3 aliphatic heterocycles. The second-order valence-electron chi connectivity index (χ2n) is 7.87. The van der Waals surface area contributed by atoms with Crippen LogP contribution in [0, 0.1) is 5.92 Å². The maximum absolute atomic E-state index is 12.7. The van der Waals surface area contributed by atoms with Crippen molar-refractivity contribution in [3.8, 4) is 0 Å². The van der Waals surface area contributed by atoms with Crippen molar-refractivity contribution in [3.05, 3.63) is 35.9 Å². The smallest absolute Gasteiger partial charge is 0.318 e. The van der Waals surface area contributed by atoms with E-state index in [1.54, 1.807) is 0 Å². The van der Waals surface area contributed by atoms with Crippen LogP contribution in [-0.2, 0) is 11.3 Å². The fourth-order valence-electron chi connectivity index (χ4n) is 4.90. The van der Waals surface area contributed by atoms with Crippen LogP contribution in [0.1, 0.15) is 37.7 Å². The number of carbonyl (C=O) groups is 2. The SMILES string of the molecule is O=C(O)C1CC2CCC1N2C(=O)NC1CCN(Cc2ccccc2)CC1. The first kappa shape index (κ1) is 17.3. The molecule has 4 rings (SSSR count).